The topological polar surface area (TPSA) is 92.8 Å². The van der Waals surface area contributed by atoms with Crippen molar-refractivity contribution in [2.45, 2.75) is 12.4 Å². The van der Waals surface area contributed by atoms with Crippen molar-refractivity contribution in [1.29, 1.82) is 0 Å². The van der Waals surface area contributed by atoms with Crippen molar-refractivity contribution in [2.24, 2.45) is 5.73 Å². The lowest BCUT2D eigenvalue weighted by Gasteiger charge is -2.14. The van der Waals surface area contributed by atoms with Crippen LogP contribution in [0.4, 0.5) is 13.2 Å². The number of carboxylic acids is 1. The largest absolute Gasteiger partial charge is 0.573 e. The Balaban J connectivity index is 3.22. The van der Waals surface area contributed by atoms with Crippen LogP contribution in [0, 0.1) is 0 Å². The van der Waals surface area contributed by atoms with Crippen LogP contribution < -0.4 is 10.5 Å². The molecule has 0 spiro atoms. The van der Waals surface area contributed by atoms with Crippen LogP contribution in [0.3, 0.4) is 0 Å². The van der Waals surface area contributed by atoms with Gasteiger partial charge in [0.25, 0.3) is 0 Å². The number of nitrogens with two attached hydrogens (primary N) is 1. The van der Waals surface area contributed by atoms with Gasteiger partial charge in [-0.15, -0.1) is 13.2 Å². The van der Waals surface area contributed by atoms with Gasteiger partial charge in [-0.25, -0.2) is 0 Å². The van der Waals surface area contributed by atoms with Crippen LogP contribution in [-0.4, -0.2) is 22.5 Å². The molecular formula is C9H7ClF3NO4. The molecule has 0 fully saturated rings. The highest BCUT2D eigenvalue weighted by molar-refractivity contribution is 6.32. The van der Waals surface area contributed by atoms with E-state index in [0.717, 1.165) is 0 Å². The number of rotatable bonds is 3. The summed E-state index contributed by atoms with van der Waals surface area (Å²) < 4.78 is 39.5. The van der Waals surface area contributed by atoms with E-state index in [0.29, 0.717) is 12.1 Å². The van der Waals surface area contributed by atoms with Gasteiger partial charge >= 0.3 is 12.3 Å². The van der Waals surface area contributed by atoms with Crippen molar-refractivity contribution < 1.29 is 32.9 Å². The number of benzene rings is 1. The number of halogens is 4. The van der Waals surface area contributed by atoms with Crippen LogP contribution in [0.15, 0.2) is 12.1 Å². The Labute approximate surface area is 104 Å². The molecule has 4 N–H and O–H groups in total. The number of alkyl halides is 3. The van der Waals surface area contributed by atoms with Crippen molar-refractivity contribution in [2.75, 3.05) is 0 Å². The second-order valence-electron chi connectivity index (χ2n) is 3.21. The standard InChI is InChI=1S/C9H7ClF3NO4/c10-5-2-3(18-9(11,12)13)1-4(7(5)15)6(14)8(16)17/h1-2,6,15H,14H2,(H,16,17)/t6-/m0/s1. The Morgan fingerprint density at radius 3 is 2.44 bits per heavy atom. The summed E-state index contributed by atoms with van der Waals surface area (Å²) in [5.74, 6) is -3.01. The molecule has 0 saturated carbocycles. The summed E-state index contributed by atoms with van der Waals surface area (Å²) in [4.78, 5) is 10.6. The van der Waals surface area contributed by atoms with E-state index in [1.165, 1.54) is 0 Å². The SMILES string of the molecule is N[C@H](C(=O)O)c1cc(OC(F)(F)F)cc(Cl)c1O. The van der Waals surface area contributed by atoms with E-state index < -0.39 is 40.5 Å². The molecule has 9 heteroatoms. The monoisotopic (exact) mass is 285 g/mol. The fourth-order valence-electron chi connectivity index (χ4n) is 1.16. The maximum Gasteiger partial charge on any atom is 0.573 e. The maximum absolute atomic E-state index is 12.0. The van der Waals surface area contributed by atoms with Crippen LogP contribution >= 0.6 is 11.6 Å². The van der Waals surface area contributed by atoms with Gasteiger partial charge in [0.05, 0.1) is 5.02 Å². The van der Waals surface area contributed by atoms with Crippen LogP contribution in [0.1, 0.15) is 11.6 Å². The molecule has 0 amide bonds. The van der Waals surface area contributed by atoms with E-state index in [4.69, 9.17) is 22.4 Å². The Kier molecular flexibility index (Phi) is 3.92. The van der Waals surface area contributed by atoms with Gasteiger partial charge in [0, 0.05) is 11.6 Å². The van der Waals surface area contributed by atoms with Gasteiger partial charge in [-0.05, 0) is 6.07 Å². The predicted octanol–water partition coefficient (Wildman–Crippen LogP) is 2.03. The van der Waals surface area contributed by atoms with Gasteiger partial charge < -0.3 is 20.7 Å². The molecule has 0 aliphatic heterocycles. The lowest BCUT2D eigenvalue weighted by Crippen LogP contribution is -2.22. The first-order valence-electron chi connectivity index (χ1n) is 4.38. The molecular weight excluding hydrogens is 279 g/mol. The molecule has 0 saturated heterocycles. The average Bonchev–Trinajstić information content (AvgIpc) is 2.19. The van der Waals surface area contributed by atoms with Crippen LogP contribution in [0.2, 0.25) is 5.02 Å². The highest BCUT2D eigenvalue weighted by Crippen LogP contribution is 2.37. The van der Waals surface area contributed by atoms with E-state index in [1.54, 1.807) is 0 Å². The third kappa shape index (κ3) is 3.41. The van der Waals surface area contributed by atoms with Gasteiger partial charge in [0.1, 0.15) is 17.5 Å². The van der Waals surface area contributed by atoms with Gasteiger partial charge in [-0.1, -0.05) is 11.6 Å². The fourth-order valence-corrected chi connectivity index (χ4v) is 1.37. The molecule has 0 aliphatic rings. The second-order valence-corrected chi connectivity index (χ2v) is 3.61. The minimum atomic E-state index is -4.97. The fraction of sp³-hybridized carbons (Fsp3) is 0.222. The van der Waals surface area contributed by atoms with Crippen molar-refractivity contribution in [3.05, 3.63) is 22.7 Å². The summed E-state index contributed by atoms with van der Waals surface area (Å²) >= 11 is 5.45. The molecule has 0 aromatic heterocycles. The number of carboxylic acid groups (broad SMARTS) is 1. The molecule has 0 bridgehead atoms. The zero-order valence-corrected chi connectivity index (χ0v) is 9.29. The third-order valence-corrected chi connectivity index (χ3v) is 2.19. The Hall–Kier alpha value is -1.67. The molecule has 18 heavy (non-hydrogen) atoms. The highest BCUT2D eigenvalue weighted by Gasteiger charge is 2.32. The van der Waals surface area contributed by atoms with E-state index in [1.807, 2.05) is 0 Å². The lowest BCUT2D eigenvalue weighted by molar-refractivity contribution is -0.274. The van der Waals surface area contributed by atoms with E-state index >= 15 is 0 Å². The van der Waals surface area contributed by atoms with Crippen LogP contribution in [0.5, 0.6) is 11.5 Å². The average molecular weight is 286 g/mol. The number of phenolic OH excluding ortho intramolecular Hbond substituents is 1. The number of carbonyl (C=O) groups is 1. The van der Waals surface area contributed by atoms with Gasteiger partial charge in [0.2, 0.25) is 0 Å². The minimum Gasteiger partial charge on any atom is -0.506 e. The van der Waals surface area contributed by atoms with E-state index in [-0.39, 0.29) is 0 Å². The molecule has 1 atom stereocenters. The molecule has 0 unspecified atom stereocenters. The number of hydrogen-bond acceptors (Lipinski definition) is 4. The molecule has 0 heterocycles. The predicted molar refractivity (Wildman–Crippen MR) is 54.4 cm³/mol. The molecule has 0 aliphatic carbocycles. The summed E-state index contributed by atoms with van der Waals surface area (Å²) in [7, 11) is 0. The van der Waals surface area contributed by atoms with E-state index in [9.17, 15) is 23.1 Å². The summed E-state index contributed by atoms with van der Waals surface area (Å²) in [6.07, 6.45) is -4.97. The van der Waals surface area contributed by atoms with Gasteiger partial charge in [0.15, 0.2) is 0 Å². The summed E-state index contributed by atoms with van der Waals surface area (Å²) in [6.45, 7) is 0. The van der Waals surface area contributed by atoms with Crippen molar-refractivity contribution in [1.82, 2.24) is 0 Å². The first kappa shape index (κ1) is 14.4. The first-order chi connectivity index (χ1) is 8.11. The Bertz CT molecular complexity index is 478. The molecule has 100 valence electrons. The minimum absolute atomic E-state index is 0.478. The first-order valence-corrected chi connectivity index (χ1v) is 4.76. The number of aromatic hydroxyl groups is 1. The normalized spacial score (nSPS) is 13.2. The number of ether oxygens (including phenoxy) is 1. The van der Waals surface area contributed by atoms with Crippen molar-refractivity contribution >= 4 is 17.6 Å². The molecule has 1 aromatic carbocycles. The van der Waals surface area contributed by atoms with Crippen molar-refractivity contribution in [3.8, 4) is 11.5 Å². The number of phenols is 1. The Morgan fingerprint density at radius 1 is 1.44 bits per heavy atom. The number of aliphatic carboxylic acids is 1. The molecule has 1 rings (SSSR count). The summed E-state index contributed by atoms with van der Waals surface area (Å²) in [5.41, 5.74) is 4.71. The third-order valence-electron chi connectivity index (χ3n) is 1.90. The highest BCUT2D eigenvalue weighted by atomic mass is 35.5. The summed E-state index contributed by atoms with van der Waals surface area (Å²) in [5, 5.41) is 17.6. The second kappa shape index (κ2) is 4.91. The van der Waals surface area contributed by atoms with Crippen LogP contribution in [-0.2, 0) is 4.79 Å². The molecule has 5 nitrogen and oxygen atoms in total. The Morgan fingerprint density at radius 2 is 2.00 bits per heavy atom. The van der Waals surface area contributed by atoms with Crippen LogP contribution in [0.25, 0.3) is 0 Å². The maximum atomic E-state index is 12.0. The molecule has 0 radical (unpaired) electrons. The van der Waals surface area contributed by atoms with E-state index in [2.05, 4.69) is 4.74 Å². The lowest BCUT2D eigenvalue weighted by atomic mass is 10.1. The zero-order valence-electron chi connectivity index (χ0n) is 8.53. The summed E-state index contributed by atoms with van der Waals surface area (Å²) in [6, 6.07) is -0.366. The quantitative estimate of drug-likeness (QED) is 0.790. The number of hydrogen-bond donors (Lipinski definition) is 3. The van der Waals surface area contributed by atoms with Gasteiger partial charge in [-0.2, -0.15) is 0 Å². The van der Waals surface area contributed by atoms with Crippen molar-refractivity contribution in [3.63, 3.8) is 0 Å². The smallest absolute Gasteiger partial charge is 0.506 e. The zero-order chi connectivity index (χ0) is 14.1. The van der Waals surface area contributed by atoms with Gasteiger partial charge in [-0.3, -0.25) is 4.79 Å². The molecule has 1 aromatic rings.